The largest absolute Gasteiger partial charge is 0.479 e. The lowest BCUT2D eigenvalue weighted by Gasteiger charge is -2.30. The lowest BCUT2D eigenvalue weighted by Crippen LogP contribution is -2.32. The number of methoxy groups -OCH3 is 1. The maximum Gasteiger partial charge on any atom is 0.422 e. The Morgan fingerprint density at radius 3 is 2.86 bits per heavy atom. The minimum atomic E-state index is -4.36. The number of ether oxygens (including phenoxy) is 2. The lowest BCUT2D eigenvalue weighted by atomic mass is 9.81. The van der Waals surface area contributed by atoms with E-state index in [9.17, 15) is 18.0 Å². The van der Waals surface area contributed by atoms with Crippen LogP contribution in [0.15, 0.2) is 15.6 Å². The van der Waals surface area contributed by atoms with Crippen molar-refractivity contribution in [3.63, 3.8) is 0 Å². The number of aliphatic imine (C=N–C) groups is 1. The van der Waals surface area contributed by atoms with Gasteiger partial charge in [-0.25, -0.2) is 9.98 Å². The molecule has 1 saturated carbocycles. The number of alkyl halides is 3. The van der Waals surface area contributed by atoms with E-state index in [0.29, 0.717) is 36.4 Å². The zero-order chi connectivity index (χ0) is 25.5. The molecule has 0 bridgehead atoms. The zero-order valence-corrected chi connectivity index (χ0v) is 21.1. The van der Waals surface area contributed by atoms with E-state index in [2.05, 4.69) is 20.0 Å². The number of hydrogen-bond acceptors (Lipinski definition) is 8. The molecule has 4 rings (SSSR count). The lowest BCUT2D eigenvalue weighted by molar-refractivity contribution is -0.153. The average Bonchev–Trinajstić information content (AvgIpc) is 3.50. The summed E-state index contributed by atoms with van der Waals surface area (Å²) < 4.78 is 52.0. The number of nitrogens with zero attached hydrogens (tertiary/aromatic N) is 4. The van der Waals surface area contributed by atoms with Crippen LogP contribution in [-0.4, -0.2) is 60.1 Å². The fraction of sp³-hybridized carbons (Fsp3) is 0.667. The van der Waals surface area contributed by atoms with Crippen LogP contribution < -0.4 is 9.47 Å². The molecule has 2 aliphatic rings. The highest BCUT2D eigenvalue weighted by molar-refractivity contribution is 7.13. The van der Waals surface area contributed by atoms with Gasteiger partial charge in [0, 0.05) is 43.1 Å². The molecule has 2 aromatic rings. The van der Waals surface area contributed by atoms with Gasteiger partial charge >= 0.3 is 6.18 Å². The average molecular weight is 529 g/mol. The topological polar surface area (TPSA) is 90.0 Å². The Morgan fingerprint density at radius 1 is 1.33 bits per heavy atom. The molecule has 1 fully saturated rings. The molecule has 198 valence electrons. The van der Waals surface area contributed by atoms with E-state index in [-0.39, 0.29) is 17.5 Å². The van der Waals surface area contributed by atoms with E-state index in [1.807, 2.05) is 6.21 Å². The van der Waals surface area contributed by atoms with Crippen LogP contribution in [0.2, 0.25) is 0 Å². The van der Waals surface area contributed by atoms with Crippen molar-refractivity contribution in [3.8, 4) is 11.1 Å². The van der Waals surface area contributed by atoms with Gasteiger partial charge in [0.15, 0.2) is 6.61 Å². The number of fused-ring (bicyclic) bond motifs is 1. The second-order valence-electron chi connectivity index (χ2n) is 9.36. The Kier molecular flexibility index (Phi) is 9.00. The van der Waals surface area contributed by atoms with Crippen LogP contribution in [0.3, 0.4) is 0 Å². The molecule has 0 radical (unpaired) electrons. The van der Waals surface area contributed by atoms with Crippen LogP contribution in [0.25, 0.3) is 0 Å². The first-order valence-corrected chi connectivity index (χ1v) is 13.1. The molecule has 36 heavy (non-hydrogen) atoms. The van der Waals surface area contributed by atoms with Crippen LogP contribution in [0.4, 0.5) is 13.2 Å². The maximum atomic E-state index is 12.4. The number of hydrogen-bond donors (Lipinski definition) is 0. The van der Waals surface area contributed by atoms with Crippen molar-refractivity contribution >= 4 is 23.5 Å². The van der Waals surface area contributed by atoms with Crippen molar-refractivity contribution in [1.82, 2.24) is 15.0 Å². The van der Waals surface area contributed by atoms with Crippen molar-refractivity contribution in [2.24, 2.45) is 16.8 Å². The second kappa shape index (κ2) is 12.2. The predicted octanol–water partition coefficient (Wildman–Crippen LogP) is 4.87. The number of thiazole rings is 1. The summed E-state index contributed by atoms with van der Waals surface area (Å²) in [7, 11) is 1.51. The normalized spacial score (nSPS) is 21.0. The van der Waals surface area contributed by atoms with Gasteiger partial charge < -0.3 is 14.0 Å². The summed E-state index contributed by atoms with van der Waals surface area (Å²) in [6.45, 7) is 1.19. The molecule has 0 atom stereocenters. The van der Waals surface area contributed by atoms with Crippen LogP contribution in [-0.2, 0) is 24.2 Å². The summed E-state index contributed by atoms with van der Waals surface area (Å²) >= 11 is 1.23. The highest BCUT2D eigenvalue weighted by atomic mass is 32.1. The molecule has 2 aromatic heterocycles. The third-order valence-electron chi connectivity index (χ3n) is 6.65. The van der Waals surface area contributed by atoms with Crippen molar-refractivity contribution in [1.29, 1.82) is 0 Å². The number of carbonyl (C=O) groups is 1. The Morgan fingerprint density at radius 2 is 2.14 bits per heavy atom. The Hall–Kier alpha value is -2.47. The molecule has 1 amide bonds. The molecule has 0 unspecified atom stereocenters. The number of rotatable bonds is 10. The van der Waals surface area contributed by atoms with Crippen molar-refractivity contribution < 1.29 is 32.0 Å². The minimum absolute atomic E-state index is 0.107. The summed E-state index contributed by atoms with van der Waals surface area (Å²) in [5.74, 6) is 1.80. The first-order valence-electron chi connectivity index (χ1n) is 12.2. The van der Waals surface area contributed by atoms with Gasteiger partial charge in [-0.15, -0.1) is 0 Å². The van der Waals surface area contributed by atoms with Gasteiger partial charge in [-0.05, 0) is 62.1 Å². The molecule has 1 aliphatic carbocycles. The Labute approximate surface area is 211 Å². The zero-order valence-electron chi connectivity index (χ0n) is 20.3. The van der Waals surface area contributed by atoms with Gasteiger partial charge in [0.05, 0.1) is 12.8 Å². The first-order chi connectivity index (χ1) is 17.3. The van der Waals surface area contributed by atoms with E-state index in [0.717, 1.165) is 62.2 Å². The fourth-order valence-corrected chi connectivity index (χ4v) is 5.51. The summed E-state index contributed by atoms with van der Waals surface area (Å²) in [5, 5.41) is 3.82. The summed E-state index contributed by atoms with van der Waals surface area (Å²) in [5.41, 5.74) is 0.843. The van der Waals surface area contributed by atoms with Crippen molar-refractivity contribution in [2.45, 2.75) is 64.1 Å². The summed E-state index contributed by atoms with van der Waals surface area (Å²) in [4.78, 5) is 23.9. The minimum Gasteiger partial charge on any atom is -0.479 e. The highest BCUT2D eigenvalue weighted by Gasteiger charge is 2.30. The molecule has 1 aliphatic heterocycles. The van der Waals surface area contributed by atoms with E-state index in [1.54, 1.807) is 6.07 Å². The molecule has 12 heteroatoms. The SMILES string of the molecule is COc1cc(CCC(=O)N=CC2CCC(CCN3CCc4sc(OCC(F)(F)F)nc4C3)CC2)on1. The molecule has 3 heterocycles. The van der Waals surface area contributed by atoms with E-state index in [4.69, 9.17) is 14.0 Å². The Bertz CT molecular complexity index is 1030. The molecule has 8 nitrogen and oxygen atoms in total. The molecule has 0 aromatic carbocycles. The van der Waals surface area contributed by atoms with E-state index < -0.39 is 12.8 Å². The fourth-order valence-electron chi connectivity index (χ4n) is 4.61. The van der Waals surface area contributed by atoms with Crippen LogP contribution in [0, 0.1) is 11.8 Å². The van der Waals surface area contributed by atoms with E-state index in [1.165, 1.54) is 18.4 Å². The van der Waals surface area contributed by atoms with Gasteiger partial charge in [0.1, 0.15) is 5.76 Å². The van der Waals surface area contributed by atoms with Gasteiger partial charge in [0.2, 0.25) is 5.91 Å². The number of amides is 1. The number of carbonyl (C=O) groups excluding carboxylic acids is 1. The van der Waals surface area contributed by atoms with Gasteiger partial charge in [0.25, 0.3) is 11.1 Å². The maximum absolute atomic E-state index is 12.4. The molecule has 0 saturated heterocycles. The third-order valence-corrected chi connectivity index (χ3v) is 7.72. The summed E-state index contributed by atoms with van der Waals surface area (Å²) in [6, 6.07) is 1.67. The van der Waals surface area contributed by atoms with Gasteiger partial charge in [-0.2, -0.15) is 13.2 Å². The second-order valence-corrected chi connectivity index (χ2v) is 10.4. The van der Waals surface area contributed by atoms with Crippen LogP contribution in [0.5, 0.6) is 11.1 Å². The summed E-state index contributed by atoms with van der Waals surface area (Å²) in [6.07, 6.45) is 4.31. The van der Waals surface area contributed by atoms with E-state index >= 15 is 0 Å². The monoisotopic (exact) mass is 528 g/mol. The smallest absolute Gasteiger partial charge is 0.422 e. The van der Waals surface area contributed by atoms with Crippen LogP contribution >= 0.6 is 11.3 Å². The molecule has 0 spiro atoms. The van der Waals surface area contributed by atoms with Crippen molar-refractivity contribution in [2.75, 3.05) is 26.8 Å². The Balaban J connectivity index is 1.12. The van der Waals surface area contributed by atoms with Gasteiger partial charge in [-0.3, -0.25) is 9.69 Å². The number of aryl methyl sites for hydroxylation is 1. The quantitative estimate of drug-likeness (QED) is 0.407. The van der Waals surface area contributed by atoms with Crippen LogP contribution in [0.1, 0.15) is 54.9 Å². The predicted molar refractivity (Wildman–Crippen MR) is 128 cm³/mol. The first kappa shape index (κ1) is 26.6. The van der Waals surface area contributed by atoms with Gasteiger partial charge in [-0.1, -0.05) is 11.3 Å². The molecular formula is C24H31F3N4O4S. The van der Waals surface area contributed by atoms with Crippen molar-refractivity contribution in [3.05, 3.63) is 22.4 Å². The third kappa shape index (κ3) is 8.02. The number of halogens is 3. The standard InChI is InChI=1S/C24H31F3N4O4S/c1-33-22-12-18(35-30-22)6-7-21(32)28-13-17-4-2-16(3-5-17)8-10-31-11-9-20-19(14-31)29-23(36-20)34-15-24(25,26)27/h12-13,16-17H,2-11,14-15H2,1H3. The highest BCUT2D eigenvalue weighted by Crippen LogP contribution is 2.33. The molecule has 0 N–H and O–H groups in total. The number of aromatic nitrogens is 2. The molecular weight excluding hydrogens is 497 g/mol.